The van der Waals surface area contributed by atoms with Gasteiger partial charge in [0.25, 0.3) is 0 Å². The minimum atomic E-state index is -3.01. The van der Waals surface area contributed by atoms with Gasteiger partial charge in [-0.1, -0.05) is 6.07 Å². The molecule has 0 saturated carbocycles. The van der Waals surface area contributed by atoms with E-state index in [4.69, 9.17) is 18.6 Å². The van der Waals surface area contributed by atoms with Crippen LogP contribution in [0.1, 0.15) is 12.0 Å². The van der Waals surface area contributed by atoms with Gasteiger partial charge in [0.1, 0.15) is 24.3 Å². The maximum absolute atomic E-state index is 13.3. The van der Waals surface area contributed by atoms with Crippen molar-refractivity contribution in [1.82, 2.24) is 4.90 Å². The normalized spacial score (nSPS) is 20.0. The van der Waals surface area contributed by atoms with Gasteiger partial charge in [-0.25, -0.2) is 8.42 Å². The van der Waals surface area contributed by atoms with E-state index < -0.39 is 9.84 Å². The Balaban J connectivity index is 1.54. The summed E-state index contributed by atoms with van der Waals surface area (Å²) in [7, 11) is 0.0845. The maximum Gasteiger partial charge on any atom is 0.200 e. The molecule has 168 valence electrons. The number of ether oxygens (including phenoxy) is 3. The van der Waals surface area contributed by atoms with Crippen LogP contribution >= 0.6 is 0 Å². The van der Waals surface area contributed by atoms with Crippen molar-refractivity contribution in [3.63, 3.8) is 0 Å². The Morgan fingerprint density at radius 1 is 1.09 bits per heavy atom. The molecule has 1 fully saturated rings. The molecule has 2 aliphatic rings. The lowest BCUT2D eigenvalue weighted by Crippen LogP contribution is -2.41. The predicted octanol–water partition coefficient (Wildman–Crippen LogP) is 2.82. The Labute approximate surface area is 185 Å². The van der Waals surface area contributed by atoms with Gasteiger partial charge in [0, 0.05) is 12.6 Å². The zero-order chi connectivity index (χ0) is 22.5. The zero-order valence-electron chi connectivity index (χ0n) is 17.8. The van der Waals surface area contributed by atoms with E-state index in [-0.39, 0.29) is 23.0 Å². The lowest BCUT2D eigenvalue weighted by atomic mass is 10.0. The Bertz CT molecular complexity index is 1360. The van der Waals surface area contributed by atoms with Crippen molar-refractivity contribution in [2.45, 2.75) is 19.0 Å². The highest BCUT2D eigenvalue weighted by Crippen LogP contribution is 2.36. The summed E-state index contributed by atoms with van der Waals surface area (Å²) in [5, 5.41) is 0.445. The second-order valence-corrected chi connectivity index (χ2v) is 10.3. The molecule has 3 heterocycles. The average Bonchev–Trinajstić information content (AvgIpc) is 3.18. The predicted molar refractivity (Wildman–Crippen MR) is 119 cm³/mol. The van der Waals surface area contributed by atoms with Crippen molar-refractivity contribution < 1.29 is 27.0 Å². The molecule has 0 spiro atoms. The first-order valence-corrected chi connectivity index (χ1v) is 12.1. The molecule has 1 aromatic heterocycles. The number of sulfone groups is 1. The molecule has 5 rings (SSSR count). The van der Waals surface area contributed by atoms with Crippen LogP contribution in [0, 0.1) is 0 Å². The second kappa shape index (κ2) is 7.83. The zero-order valence-corrected chi connectivity index (χ0v) is 18.6. The van der Waals surface area contributed by atoms with E-state index in [1.54, 1.807) is 37.4 Å². The van der Waals surface area contributed by atoms with Crippen LogP contribution in [0.5, 0.6) is 17.2 Å². The van der Waals surface area contributed by atoms with E-state index in [9.17, 15) is 13.2 Å². The number of methoxy groups -OCH3 is 2. The molecule has 0 unspecified atom stereocenters. The smallest absolute Gasteiger partial charge is 0.200 e. The van der Waals surface area contributed by atoms with Crippen molar-refractivity contribution in [3.8, 4) is 28.4 Å². The van der Waals surface area contributed by atoms with Crippen molar-refractivity contribution in [2.24, 2.45) is 0 Å². The third-order valence-electron chi connectivity index (χ3n) is 6.17. The highest BCUT2D eigenvalue weighted by Gasteiger charge is 2.35. The van der Waals surface area contributed by atoms with Gasteiger partial charge in [-0.3, -0.25) is 9.69 Å². The summed E-state index contributed by atoms with van der Waals surface area (Å²) in [6.07, 6.45) is 2.03. The number of hydrogen-bond donors (Lipinski definition) is 0. The molecule has 3 aromatic rings. The van der Waals surface area contributed by atoms with Crippen molar-refractivity contribution in [1.29, 1.82) is 0 Å². The van der Waals surface area contributed by atoms with Gasteiger partial charge in [0.2, 0.25) is 5.43 Å². The first-order chi connectivity index (χ1) is 15.4. The molecule has 2 aliphatic heterocycles. The maximum atomic E-state index is 13.3. The number of rotatable bonds is 4. The summed E-state index contributed by atoms with van der Waals surface area (Å²) in [6, 6.07) is 8.65. The molecule has 8 nitrogen and oxygen atoms in total. The lowest BCUT2D eigenvalue weighted by Gasteiger charge is -2.33. The molecular weight excluding hydrogens is 434 g/mol. The third kappa shape index (κ3) is 3.51. The number of hydrogen-bond acceptors (Lipinski definition) is 8. The molecule has 1 atom stereocenters. The summed E-state index contributed by atoms with van der Waals surface area (Å²) in [5.41, 5.74) is 2.12. The van der Waals surface area contributed by atoms with E-state index >= 15 is 0 Å². The Morgan fingerprint density at radius 2 is 1.91 bits per heavy atom. The van der Waals surface area contributed by atoms with E-state index in [2.05, 4.69) is 0 Å². The summed E-state index contributed by atoms with van der Waals surface area (Å²) in [6.45, 7) is 0.776. The quantitative estimate of drug-likeness (QED) is 0.590. The molecule has 0 aliphatic carbocycles. The number of fused-ring (bicyclic) bond motifs is 3. The Hall–Kier alpha value is -3.04. The van der Waals surface area contributed by atoms with Crippen molar-refractivity contribution in [2.75, 3.05) is 32.5 Å². The van der Waals surface area contributed by atoms with Crippen LogP contribution in [0.25, 0.3) is 22.1 Å². The SMILES string of the molecule is COc1ccc(-c2coc3c4c(ccc3c2=O)OCN([C@@H]2CCS(=O)(=O)C2)C4)cc1OC. The molecule has 1 saturated heterocycles. The molecule has 32 heavy (non-hydrogen) atoms. The number of benzene rings is 2. The summed E-state index contributed by atoms with van der Waals surface area (Å²) in [5.74, 6) is 2.06. The highest BCUT2D eigenvalue weighted by molar-refractivity contribution is 7.91. The molecule has 0 amide bonds. The number of nitrogens with zero attached hydrogens (tertiary/aromatic N) is 1. The average molecular weight is 458 g/mol. The third-order valence-corrected chi connectivity index (χ3v) is 7.92. The summed E-state index contributed by atoms with van der Waals surface area (Å²) >= 11 is 0. The summed E-state index contributed by atoms with van der Waals surface area (Å²) < 4.78 is 46.3. The van der Waals surface area contributed by atoms with Crippen LogP contribution in [-0.2, 0) is 16.4 Å². The minimum absolute atomic E-state index is 0.0961. The molecule has 0 radical (unpaired) electrons. The fourth-order valence-electron chi connectivity index (χ4n) is 4.43. The molecule has 0 bridgehead atoms. The van der Waals surface area contributed by atoms with Gasteiger partial charge in [0.15, 0.2) is 21.3 Å². The fraction of sp³-hybridized carbons (Fsp3) is 0.348. The fourth-order valence-corrected chi connectivity index (χ4v) is 6.19. The van der Waals surface area contributed by atoms with E-state index in [1.807, 2.05) is 4.90 Å². The first-order valence-electron chi connectivity index (χ1n) is 10.3. The monoisotopic (exact) mass is 457 g/mol. The molecular formula is C23H23NO7S. The molecule has 0 N–H and O–H groups in total. The summed E-state index contributed by atoms with van der Waals surface area (Å²) in [4.78, 5) is 15.3. The van der Waals surface area contributed by atoms with E-state index in [0.29, 0.717) is 59.0 Å². The van der Waals surface area contributed by atoms with Crippen LogP contribution in [0.4, 0.5) is 0 Å². The lowest BCUT2D eigenvalue weighted by molar-refractivity contribution is 0.0649. The van der Waals surface area contributed by atoms with Crippen LogP contribution in [0.2, 0.25) is 0 Å². The molecule has 2 aromatic carbocycles. The molecule has 9 heteroatoms. The van der Waals surface area contributed by atoms with Crippen LogP contribution in [-0.4, -0.2) is 51.8 Å². The van der Waals surface area contributed by atoms with Crippen LogP contribution in [0.3, 0.4) is 0 Å². The minimum Gasteiger partial charge on any atom is -0.493 e. The Morgan fingerprint density at radius 3 is 2.62 bits per heavy atom. The van der Waals surface area contributed by atoms with Crippen LogP contribution in [0.15, 0.2) is 45.8 Å². The van der Waals surface area contributed by atoms with E-state index in [0.717, 1.165) is 5.56 Å². The van der Waals surface area contributed by atoms with E-state index in [1.165, 1.54) is 13.4 Å². The van der Waals surface area contributed by atoms with Crippen molar-refractivity contribution >= 4 is 20.8 Å². The van der Waals surface area contributed by atoms with Gasteiger partial charge in [-0.05, 0) is 36.2 Å². The van der Waals surface area contributed by atoms with Gasteiger partial charge in [-0.15, -0.1) is 0 Å². The van der Waals surface area contributed by atoms with Gasteiger partial charge in [0.05, 0.1) is 42.2 Å². The standard InChI is InChI=1S/C23H23NO7S/c1-28-20-5-3-14(9-21(20)29-2)18-11-30-23-16(22(18)25)4-6-19-17(23)10-24(13-31-19)15-7-8-32(26,27)12-15/h3-6,9,11,15H,7-8,10,12-13H2,1-2H3/t15-/m1/s1. The second-order valence-electron chi connectivity index (χ2n) is 8.04. The van der Waals surface area contributed by atoms with Gasteiger partial charge >= 0.3 is 0 Å². The Kier molecular flexibility index (Phi) is 5.10. The highest BCUT2D eigenvalue weighted by atomic mass is 32.2. The topological polar surface area (TPSA) is 95.3 Å². The first kappa shape index (κ1) is 20.8. The van der Waals surface area contributed by atoms with Gasteiger partial charge < -0.3 is 18.6 Å². The largest absolute Gasteiger partial charge is 0.493 e. The van der Waals surface area contributed by atoms with Crippen LogP contribution < -0.4 is 19.6 Å². The van der Waals surface area contributed by atoms with Crippen molar-refractivity contribution in [3.05, 3.63) is 52.4 Å². The van der Waals surface area contributed by atoms with Gasteiger partial charge in [-0.2, -0.15) is 0 Å².